The van der Waals surface area contributed by atoms with Crippen molar-refractivity contribution in [3.63, 3.8) is 0 Å². The SMILES string of the molecule is CC(C)(C)CC(=O)N(CCN1CCOCC1)C1CC(C(=O)NC2CCC(N)CC2)N(C(=O)c2ccc(F)cc2)C1. The first kappa shape index (κ1) is 30.4. The van der Waals surface area contributed by atoms with Crippen molar-refractivity contribution >= 4 is 17.7 Å². The molecule has 1 aliphatic carbocycles. The van der Waals surface area contributed by atoms with Crippen LogP contribution in [0.25, 0.3) is 0 Å². The lowest BCUT2D eigenvalue weighted by atomic mass is 9.91. The Labute approximate surface area is 237 Å². The van der Waals surface area contributed by atoms with E-state index in [0.717, 1.165) is 38.8 Å². The molecule has 222 valence electrons. The van der Waals surface area contributed by atoms with Crippen molar-refractivity contribution in [2.24, 2.45) is 11.1 Å². The number of nitrogens with two attached hydrogens (primary N) is 1. The molecule has 0 aromatic heterocycles. The van der Waals surface area contributed by atoms with E-state index >= 15 is 0 Å². The van der Waals surface area contributed by atoms with Gasteiger partial charge in [-0.1, -0.05) is 20.8 Å². The van der Waals surface area contributed by atoms with Crippen LogP contribution < -0.4 is 11.1 Å². The molecule has 2 saturated heterocycles. The van der Waals surface area contributed by atoms with E-state index in [1.54, 1.807) is 4.90 Å². The number of benzene rings is 1. The zero-order valence-corrected chi connectivity index (χ0v) is 24.2. The Kier molecular flexibility index (Phi) is 10.2. The molecule has 40 heavy (non-hydrogen) atoms. The van der Waals surface area contributed by atoms with E-state index in [1.165, 1.54) is 24.3 Å². The summed E-state index contributed by atoms with van der Waals surface area (Å²) in [7, 11) is 0. The van der Waals surface area contributed by atoms with Gasteiger partial charge in [-0.15, -0.1) is 0 Å². The maximum absolute atomic E-state index is 13.7. The number of carbonyl (C=O) groups excluding carboxylic acids is 3. The van der Waals surface area contributed by atoms with E-state index in [1.807, 2.05) is 25.7 Å². The van der Waals surface area contributed by atoms with Crippen LogP contribution in [-0.2, 0) is 14.3 Å². The molecule has 2 unspecified atom stereocenters. The highest BCUT2D eigenvalue weighted by molar-refractivity contribution is 5.98. The summed E-state index contributed by atoms with van der Waals surface area (Å²) in [6.07, 6.45) is 4.07. The van der Waals surface area contributed by atoms with E-state index in [9.17, 15) is 18.8 Å². The molecule has 2 aliphatic heterocycles. The highest BCUT2D eigenvalue weighted by Crippen LogP contribution is 2.29. The Balaban J connectivity index is 1.55. The lowest BCUT2D eigenvalue weighted by Gasteiger charge is -2.34. The minimum Gasteiger partial charge on any atom is -0.379 e. The molecule has 3 aliphatic rings. The first-order valence-corrected chi connectivity index (χ1v) is 14.7. The number of ether oxygens (including phenoxy) is 1. The summed E-state index contributed by atoms with van der Waals surface area (Å²) in [4.78, 5) is 46.7. The molecule has 3 amide bonds. The van der Waals surface area contributed by atoms with Crippen LogP contribution in [0.1, 0.15) is 69.7 Å². The molecular weight excluding hydrogens is 513 g/mol. The zero-order valence-electron chi connectivity index (χ0n) is 24.2. The molecule has 3 N–H and O–H groups in total. The minimum atomic E-state index is -0.716. The number of nitrogens with zero attached hydrogens (tertiary/aromatic N) is 3. The smallest absolute Gasteiger partial charge is 0.254 e. The molecule has 9 nitrogen and oxygen atoms in total. The molecule has 0 spiro atoms. The Morgan fingerprint density at radius 1 is 1.07 bits per heavy atom. The van der Waals surface area contributed by atoms with E-state index in [-0.39, 0.29) is 47.8 Å². The highest BCUT2D eigenvalue weighted by Gasteiger charge is 2.44. The van der Waals surface area contributed by atoms with Gasteiger partial charge in [0.1, 0.15) is 11.9 Å². The van der Waals surface area contributed by atoms with E-state index in [0.29, 0.717) is 44.7 Å². The zero-order chi connectivity index (χ0) is 28.9. The molecule has 1 aromatic carbocycles. The molecular formula is C30H46FN5O4. The fourth-order valence-electron chi connectivity index (χ4n) is 5.97. The third-order valence-corrected chi connectivity index (χ3v) is 8.26. The van der Waals surface area contributed by atoms with Gasteiger partial charge >= 0.3 is 0 Å². The second kappa shape index (κ2) is 13.4. The van der Waals surface area contributed by atoms with Crippen LogP contribution in [0.5, 0.6) is 0 Å². The van der Waals surface area contributed by atoms with Gasteiger partial charge in [-0.3, -0.25) is 19.3 Å². The molecule has 0 bridgehead atoms. The lowest BCUT2D eigenvalue weighted by molar-refractivity contribution is -0.136. The van der Waals surface area contributed by atoms with Crippen LogP contribution in [0.15, 0.2) is 24.3 Å². The summed E-state index contributed by atoms with van der Waals surface area (Å²) in [5.41, 5.74) is 6.18. The van der Waals surface area contributed by atoms with Gasteiger partial charge in [-0.2, -0.15) is 0 Å². The largest absolute Gasteiger partial charge is 0.379 e. The van der Waals surface area contributed by atoms with Crippen LogP contribution in [-0.4, -0.2) is 103 Å². The fourth-order valence-corrected chi connectivity index (χ4v) is 5.97. The van der Waals surface area contributed by atoms with E-state index < -0.39 is 11.9 Å². The molecule has 3 fully saturated rings. The van der Waals surface area contributed by atoms with Crippen molar-refractivity contribution in [3.8, 4) is 0 Å². The average Bonchev–Trinajstić information content (AvgIpc) is 3.35. The van der Waals surface area contributed by atoms with Crippen LogP contribution in [0.4, 0.5) is 4.39 Å². The highest BCUT2D eigenvalue weighted by atomic mass is 19.1. The van der Waals surface area contributed by atoms with Gasteiger partial charge in [0.05, 0.1) is 19.3 Å². The number of halogens is 1. The van der Waals surface area contributed by atoms with E-state index in [4.69, 9.17) is 10.5 Å². The number of rotatable bonds is 8. The minimum absolute atomic E-state index is 0.0223. The quantitative estimate of drug-likeness (QED) is 0.507. The molecule has 1 aromatic rings. The molecule has 2 heterocycles. The van der Waals surface area contributed by atoms with Gasteiger partial charge in [0, 0.05) is 56.8 Å². The summed E-state index contributed by atoms with van der Waals surface area (Å²) >= 11 is 0. The van der Waals surface area contributed by atoms with Crippen molar-refractivity contribution < 1.29 is 23.5 Å². The summed E-state index contributed by atoms with van der Waals surface area (Å²) in [6, 6.07) is 4.57. The second-order valence-corrected chi connectivity index (χ2v) is 12.8. The Bertz CT molecular complexity index is 1020. The maximum Gasteiger partial charge on any atom is 0.254 e. The van der Waals surface area contributed by atoms with Crippen molar-refractivity contribution in [2.45, 2.75) is 83.5 Å². The predicted molar refractivity (Wildman–Crippen MR) is 151 cm³/mol. The maximum atomic E-state index is 13.7. The van der Waals surface area contributed by atoms with Crippen LogP contribution >= 0.6 is 0 Å². The van der Waals surface area contributed by atoms with Gasteiger partial charge in [0.2, 0.25) is 11.8 Å². The normalized spacial score (nSPS) is 26.0. The van der Waals surface area contributed by atoms with Crippen molar-refractivity contribution in [1.29, 1.82) is 0 Å². The number of amides is 3. The fraction of sp³-hybridized carbons (Fsp3) is 0.700. The third-order valence-electron chi connectivity index (χ3n) is 8.26. The Hall–Kier alpha value is -2.56. The number of likely N-dealkylation sites (tertiary alicyclic amines) is 1. The Morgan fingerprint density at radius 2 is 1.73 bits per heavy atom. The predicted octanol–water partition coefficient (Wildman–Crippen LogP) is 2.39. The average molecular weight is 560 g/mol. The van der Waals surface area contributed by atoms with Crippen LogP contribution in [0.3, 0.4) is 0 Å². The number of nitrogens with one attached hydrogen (secondary N) is 1. The molecule has 10 heteroatoms. The topological polar surface area (TPSA) is 108 Å². The number of hydrogen-bond acceptors (Lipinski definition) is 6. The van der Waals surface area contributed by atoms with Gasteiger partial charge in [0.25, 0.3) is 5.91 Å². The summed E-state index contributed by atoms with van der Waals surface area (Å²) in [5, 5.41) is 3.16. The monoisotopic (exact) mass is 559 g/mol. The van der Waals surface area contributed by atoms with Gasteiger partial charge in [-0.25, -0.2) is 4.39 Å². The first-order chi connectivity index (χ1) is 19.0. The number of morpholine rings is 1. The standard InChI is InChI=1S/C30H46FN5O4/c1-30(2,3)19-27(37)35(13-12-34-14-16-40-17-15-34)25-18-26(28(38)33-24-10-8-23(32)9-11-24)36(20-25)29(39)21-4-6-22(31)7-5-21/h4-7,23-26H,8-20,32H2,1-3H3,(H,33,38). The number of hydrogen-bond donors (Lipinski definition) is 2. The lowest BCUT2D eigenvalue weighted by Crippen LogP contribution is -2.50. The van der Waals surface area contributed by atoms with Crippen LogP contribution in [0.2, 0.25) is 0 Å². The third kappa shape index (κ3) is 8.24. The summed E-state index contributed by atoms with van der Waals surface area (Å²) in [5.74, 6) is -0.926. The molecule has 4 rings (SSSR count). The summed E-state index contributed by atoms with van der Waals surface area (Å²) < 4.78 is 19.1. The van der Waals surface area contributed by atoms with Gasteiger partial charge in [0.15, 0.2) is 0 Å². The first-order valence-electron chi connectivity index (χ1n) is 14.7. The van der Waals surface area contributed by atoms with Crippen molar-refractivity contribution in [2.75, 3.05) is 45.9 Å². The second-order valence-electron chi connectivity index (χ2n) is 12.8. The molecule has 2 atom stereocenters. The van der Waals surface area contributed by atoms with Crippen LogP contribution in [0, 0.1) is 11.2 Å². The number of carbonyl (C=O) groups is 3. The van der Waals surface area contributed by atoms with Crippen molar-refractivity contribution in [1.82, 2.24) is 20.0 Å². The Morgan fingerprint density at radius 3 is 2.35 bits per heavy atom. The van der Waals surface area contributed by atoms with Gasteiger partial charge < -0.3 is 25.6 Å². The summed E-state index contributed by atoms with van der Waals surface area (Å²) in [6.45, 7) is 10.6. The molecule has 0 radical (unpaired) electrons. The van der Waals surface area contributed by atoms with E-state index in [2.05, 4.69) is 10.2 Å². The van der Waals surface area contributed by atoms with Crippen molar-refractivity contribution in [3.05, 3.63) is 35.6 Å². The van der Waals surface area contributed by atoms with Gasteiger partial charge in [-0.05, 0) is 61.8 Å². The molecule has 1 saturated carbocycles.